The number of pyridine rings is 1. The maximum absolute atomic E-state index is 11.2. The van der Waals surface area contributed by atoms with Gasteiger partial charge in [0, 0.05) is 42.7 Å². The summed E-state index contributed by atoms with van der Waals surface area (Å²) in [5.74, 6) is -0.00811. The van der Waals surface area contributed by atoms with Crippen molar-refractivity contribution in [3.05, 3.63) is 66.4 Å². The Morgan fingerprint density at radius 2 is 1.68 bits per heavy atom. The van der Waals surface area contributed by atoms with Crippen LogP contribution in [0.25, 0.3) is 22.3 Å². The van der Waals surface area contributed by atoms with Gasteiger partial charge in [0.05, 0.1) is 0 Å². The van der Waals surface area contributed by atoms with Crippen LogP contribution in [0.15, 0.2) is 60.8 Å². The minimum Gasteiger partial charge on any atom is -0.383 e. The molecular formula is C20H20N4O. The van der Waals surface area contributed by atoms with Crippen LogP contribution in [0.4, 0.5) is 11.5 Å². The van der Waals surface area contributed by atoms with Crippen LogP contribution in [-0.4, -0.2) is 25.0 Å². The maximum atomic E-state index is 11.2. The van der Waals surface area contributed by atoms with Gasteiger partial charge in [0.15, 0.2) is 0 Å². The van der Waals surface area contributed by atoms with Crippen molar-refractivity contribution in [1.82, 2.24) is 4.98 Å². The van der Waals surface area contributed by atoms with Crippen LogP contribution in [0.2, 0.25) is 0 Å². The van der Waals surface area contributed by atoms with E-state index in [0.717, 1.165) is 27.9 Å². The molecule has 0 unspecified atom stereocenters. The number of carbonyl (C=O) groups is 1. The van der Waals surface area contributed by atoms with Gasteiger partial charge in [-0.2, -0.15) is 0 Å². The molecule has 0 aliphatic carbocycles. The summed E-state index contributed by atoms with van der Waals surface area (Å²) in [7, 11) is 4.01. The first kappa shape index (κ1) is 16.5. The van der Waals surface area contributed by atoms with E-state index < -0.39 is 5.91 Å². The van der Waals surface area contributed by atoms with Gasteiger partial charge in [-0.05, 0) is 41.5 Å². The Bertz CT molecular complexity index is 917. The maximum Gasteiger partial charge on any atom is 0.248 e. The van der Waals surface area contributed by atoms with Gasteiger partial charge >= 0.3 is 0 Å². The van der Waals surface area contributed by atoms with E-state index in [4.69, 9.17) is 11.5 Å². The van der Waals surface area contributed by atoms with E-state index in [2.05, 4.69) is 22.0 Å². The average Bonchev–Trinajstić information content (AvgIpc) is 2.62. The summed E-state index contributed by atoms with van der Waals surface area (Å²) in [5, 5.41) is 0. The molecule has 5 nitrogen and oxygen atoms in total. The molecule has 3 rings (SSSR count). The van der Waals surface area contributed by atoms with E-state index in [9.17, 15) is 4.79 Å². The Morgan fingerprint density at radius 3 is 2.32 bits per heavy atom. The number of aromatic nitrogens is 1. The molecular weight excluding hydrogens is 312 g/mol. The molecule has 2 aromatic carbocycles. The molecule has 4 N–H and O–H groups in total. The van der Waals surface area contributed by atoms with Crippen molar-refractivity contribution >= 4 is 17.4 Å². The van der Waals surface area contributed by atoms with Crippen molar-refractivity contribution in [2.45, 2.75) is 0 Å². The Hall–Kier alpha value is -3.34. The van der Waals surface area contributed by atoms with Crippen molar-refractivity contribution in [3.8, 4) is 22.3 Å². The number of carbonyl (C=O) groups excluding carboxylic acids is 1. The molecule has 0 aliphatic heterocycles. The number of benzene rings is 2. The lowest BCUT2D eigenvalue weighted by Crippen LogP contribution is -2.10. The van der Waals surface area contributed by atoms with E-state index in [1.54, 1.807) is 18.3 Å². The van der Waals surface area contributed by atoms with Crippen molar-refractivity contribution in [2.24, 2.45) is 5.73 Å². The summed E-state index contributed by atoms with van der Waals surface area (Å²) in [4.78, 5) is 17.6. The highest BCUT2D eigenvalue weighted by atomic mass is 16.1. The van der Waals surface area contributed by atoms with Gasteiger partial charge in [-0.1, -0.05) is 24.3 Å². The molecule has 25 heavy (non-hydrogen) atoms. The topological polar surface area (TPSA) is 85.2 Å². The molecule has 0 saturated carbocycles. The summed E-state index contributed by atoms with van der Waals surface area (Å²) in [5.41, 5.74) is 16.7. The van der Waals surface area contributed by atoms with E-state index in [0.29, 0.717) is 11.4 Å². The molecule has 3 aromatic rings. The largest absolute Gasteiger partial charge is 0.383 e. The summed E-state index contributed by atoms with van der Waals surface area (Å²) < 4.78 is 0. The van der Waals surface area contributed by atoms with Crippen LogP contribution in [0.3, 0.4) is 0 Å². The SMILES string of the molecule is CN(C)c1cccc(-c2cnc(N)c(-c3ccc(C(N)=O)cc3)c2)c1. The first-order valence-electron chi connectivity index (χ1n) is 7.89. The van der Waals surface area contributed by atoms with Crippen LogP contribution in [0.5, 0.6) is 0 Å². The van der Waals surface area contributed by atoms with Gasteiger partial charge in [-0.25, -0.2) is 4.98 Å². The predicted molar refractivity (Wildman–Crippen MR) is 102 cm³/mol. The number of rotatable bonds is 4. The van der Waals surface area contributed by atoms with Crippen molar-refractivity contribution in [3.63, 3.8) is 0 Å². The number of nitrogen functional groups attached to an aromatic ring is 1. The monoisotopic (exact) mass is 332 g/mol. The minimum atomic E-state index is -0.452. The molecule has 0 saturated heterocycles. The van der Waals surface area contributed by atoms with E-state index in [1.807, 2.05) is 44.4 Å². The van der Waals surface area contributed by atoms with E-state index in [1.165, 1.54) is 0 Å². The lowest BCUT2D eigenvalue weighted by molar-refractivity contribution is 0.100. The molecule has 0 spiro atoms. The molecule has 0 fully saturated rings. The second-order valence-electron chi connectivity index (χ2n) is 6.04. The first-order valence-corrected chi connectivity index (χ1v) is 7.89. The van der Waals surface area contributed by atoms with Crippen LogP contribution in [-0.2, 0) is 0 Å². The lowest BCUT2D eigenvalue weighted by Gasteiger charge is -2.14. The van der Waals surface area contributed by atoms with E-state index >= 15 is 0 Å². The second kappa shape index (κ2) is 6.65. The highest BCUT2D eigenvalue weighted by Gasteiger charge is 2.09. The summed E-state index contributed by atoms with van der Waals surface area (Å²) in [6.07, 6.45) is 1.77. The van der Waals surface area contributed by atoms with Gasteiger partial charge < -0.3 is 16.4 Å². The van der Waals surface area contributed by atoms with Gasteiger partial charge in [0.25, 0.3) is 0 Å². The molecule has 126 valence electrons. The Kier molecular flexibility index (Phi) is 4.39. The number of hydrogen-bond acceptors (Lipinski definition) is 4. The number of nitrogens with two attached hydrogens (primary N) is 2. The molecule has 0 radical (unpaired) electrons. The Labute approximate surface area is 146 Å². The second-order valence-corrected chi connectivity index (χ2v) is 6.04. The number of anilines is 2. The zero-order valence-electron chi connectivity index (χ0n) is 14.2. The molecule has 5 heteroatoms. The fourth-order valence-corrected chi connectivity index (χ4v) is 2.64. The summed E-state index contributed by atoms with van der Waals surface area (Å²) in [6.45, 7) is 0. The molecule has 0 atom stereocenters. The third-order valence-corrected chi connectivity index (χ3v) is 4.09. The van der Waals surface area contributed by atoms with Crippen LogP contribution < -0.4 is 16.4 Å². The molecule has 0 bridgehead atoms. The lowest BCUT2D eigenvalue weighted by atomic mass is 9.99. The normalized spacial score (nSPS) is 10.5. The minimum absolute atomic E-state index is 0.444. The summed E-state index contributed by atoms with van der Waals surface area (Å²) in [6, 6.07) is 17.3. The van der Waals surface area contributed by atoms with Crippen molar-refractivity contribution in [2.75, 3.05) is 24.7 Å². The fraction of sp³-hybridized carbons (Fsp3) is 0.100. The van der Waals surface area contributed by atoms with Gasteiger partial charge in [-0.3, -0.25) is 4.79 Å². The zero-order chi connectivity index (χ0) is 18.0. The smallest absolute Gasteiger partial charge is 0.248 e. The van der Waals surface area contributed by atoms with Crippen molar-refractivity contribution < 1.29 is 4.79 Å². The standard InChI is InChI=1S/C20H20N4O/c1-24(2)17-5-3-4-15(10-17)16-11-18(19(21)23-12-16)13-6-8-14(9-7-13)20(22)25/h3-12H,1-2H3,(H2,21,23)(H2,22,25). The average molecular weight is 332 g/mol. The Morgan fingerprint density at radius 1 is 0.960 bits per heavy atom. The predicted octanol–water partition coefficient (Wildman–Crippen LogP) is 3.16. The summed E-state index contributed by atoms with van der Waals surface area (Å²) >= 11 is 0. The zero-order valence-corrected chi connectivity index (χ0v) is 14.2. The first-order chi connectivity index (χ1) is 12.0. The van der Waals surface area contributed by atoms with Crippen molar-refractivity contribution in [1.29, 1.82) is 0 Å². The number of amides is 1. The highest BCUT2D eigenvalue weighted by molar-refractivity contribution is 5.93. The fourth-order valence-electron chi connectivity index (χ4n) is 2.64. The highest BCUT2D eigenvalue weighted by Crippen LogP contribution is 2.31. The van der Waals surface area contributed by atoms with Gasteiger partial charge in [0.1, 0.15) is 5.82 Å². The quantitative estimate of drug-likeness (QED) is 0.768. The van der Waals surface area contributed by atoms with E-state index in [-0.39, 0.29) is 0 Å². The molecule has 1 heterocycles. The third-order valence-electron chi connectivity index (χ3n) is 4.09. The Balaban J connectivity index is 2.03. The molecule has 0 aliphatic rings. The molecule has 1 amide bonds. The van der Waals surface area contributed by atoms with Gasteiger partial charge in [0.2, 0.25) is 5.91 Å². The van der Waals surface area contributed by atoms with Gasteiger partial charge in [-0.15, -0.1) is 0 Å². The molecule has 1 aromatic heterocycles. The number of primary amides is 1. The third kappa shape index (κ3) is 3.45. The number of hydrogen-bond donors (Lipinski definition) is 2. The van der Waals surface area contributed by atoms with Crippen LogP contribution in [0.1, 0.15) is 10.4 Å². The number of nitrogens with zero attached hydrogens (tertiary/aromatic N) is 2. The van der Waals surface area contributed by atoms with Crippen LogP contribution >= 0.6 is 0 Å². The van der Waals surface area contributed by atoms with Crippen LogP contribution in [0, 0.1) is 0 Å².